The van der Waals surface area contributed by atoms with Crippen LogP contribution in [0.15, 0.2) is 0 Å². The Hall–Kier alpha value is 0.160. The monoisotopic (exact) mass is 255 g/mol. The van der Waals surface area contributed by atoms with E-state index >= 15 is 0 Å². The van der Waals surface area contributed by atoms with Crippen LogP contribution in [0, 0.1) is 0 Å². The third-order valence-corrected chi connectivity index (χ3v) is 4.13. The number of hydrogen-bond donors (Lipinski definition) is 1. The van der Waals surface area contributed by atoms with Gasteiger partial charge in [-0.2, -0.15) is 0 Å². The van der Waals surface area contributed by atoms with Gasteiger partial charge in [0.05, 0.1) is 0 Å². The number of carbonyl (C=O) groups excluding carboxylic acids is 1. The van der Waals surface area contributed by atoms with Crippen molar-refractivity contribution in [3.8, 4) is 0 Å². The first-order chi connectivity index (χ1) is 4.75. The van der Waals surface area contributed by atoms with Crippen molar-refractivity contribution in [3.05, 3.63) is 0 Å². The summed E-state index contributed by atoms with van der Waals surface area (Å²) in [5.74, 6) is -0.140. The summed E-state index contributed by atoms with van der Waals surface area (Å²) in [5.41, 5.74) is 5.20. The number of alkyl halides is 1. The molecule has 4 heteroatoms. The summed E-state index contributed by atoms with van der Waals surface area (Å²) in [7, 11) is 0. The molecule has 1 fully saturated rings. The van der Waals surface area contributed by atoms with Gasteiger partial charge in [0.1, 0.15) is 0 Å². The first-order valence-electron chi connectivity index (χ1n) is 3.31. The Kier molecular flexibility index (Phi) is 2.91. The average Bonchev–Trinajstić information content (AvgIpc) is 2.33. The first kappa shape index (κ1) is 8.26. The second-order valence-corrected chi connectivity index (χ2v) is 4.56. The Labute approximate surface area is 71.6 Å². The van der Waals surface area contributed by atoms with Gasteiger partial charge in [-0.3, -0.25) is 0 Å². The summed E-state index contributed by atoms with van der Waals surface area (Å²) < 4.78 is 2.24. The van der Waals surface area contributed by atoms with Gasteiger partial charge in [-0.1, -0.05) is 0 Å². The van der Waals surface area contributed by atoms with Crippen LogP contribution < -0.4 is 27.2 Å². The van der Waals surface area contributed by atoms with Gasteiger partial charge in [-0.25, -0.2) is 0 Å². The molecule has 1 aliphatic rings. The van der Waals surface area contributed by atoms with E-state index < -0.39 is 0 Å². The molecule has 0 aliphatic carbocycles. The number of primary amides is 1. The fourth-order valence-electron chi connectivity index (χ4n) is 1.21. The molecule has 0 aromatic rings. The van der Waals surface area contributed by atoms with Crippen molar-refractivity contribution < 1.29 is 26.3 Å². The zero-order chi connectivity index (χ0) is 7.56. The molecule has 1 amide bonds. The van der Waals surface area contributed by atoms with Crippen LogP contribution in [0.25, 0.3) is 0 Å². The summed E-state index contributed by atoms with van der Waals surface area (Å²) in [6.07, 6.45) is 2.12. The third-order valence-electron chi connectivity index (χ3n) is 1.73. The van der Waals surface area contributed by atoms with Gasteiger partial charge < -0.3 is 0 Å². The molecular weight excluding hydrogens is 243 g/mol. The Bertz CT molecular complexity index is 140. The van der Waals surface area contributed by atoms with Crippen LogP contribution in [0.2, 0.25) is 0 Å². The number of hydrogen-bond acceptors (Lipinski definition) is 2. The van der Waals surface area contributed by atoms with Gasteiger partial charge in [0, 0.05) is 0 Å². The summed E-state index contributed by atoms with van der Waals surface area (Å²) >= 11 is 0.0626. The quantitative estimate of drug-likeness (QED) is 0.317. The van der Waals surface area contributed by atoms with Gasteiger partial charge >= 0.3 is 71.4 Å². The van der Waals surface area contributed by atoms with Crippen LogP contribution in [0.1, 0.15) is 12.8 Å². The Morgan fingerprint density at radius 3 is 2.90 bits per heavy atom. The molecule has 1 heterocycles. The van der Waals surface area contributed by atoms with Gasteiger partial charge in [-0.05, 0) is 0 Å². The van der Waals surface area contributed by atoms with E-state index in [9.17, 15) is 4.79 Å². The zero-order valence-electron chi connectivity index (χ0n) is 6.01. The van der Waals surface area contributed by atoms with Gasteiger partial charge in [0.15, 0.2) is 0 Å². The summed E-state index contributed by atoms with van der Waals surface area (Å²) in [4.78, 5) is 12.9. The van der Waals surface area contributed by atoms with Crippen molar-refractivity contribution in [1.29, 1.82) is 0 Å². The summed E-state index contributed by atoms with van der Waals surface area (Å²) in [6.45, 7) is 1.08. The van der Waals surface area contributed by atoms with E-state index in [-0.39, 0.29) is 33.4 Å². The first-order valence-corrected chi connectivity index (χ1v) is 6.43. The molecule has 2 N–H and O–H groups in total. The molecule has 60 valence electrons. The van der Waals surface area contributed by atoms with Gasteiger partial charge in [-0.15, -0.1) is 0 Å². The molecule has 10 heavy (non-hydrogen) atoms. The topological polar surface area (TPSA) is 46.3 Å². The molecular formula is C6H12IN2O-. The van der Waals surface area contributed by atoms with Crippen molar-refractivity contribution in [2.45, 2.75) is 18.9 Å². The second kappa shape index (κ2) is 3.52. The number of nitrogens with zero attached hydrogens (tertiary/aromatic N) is 1. The molecule has 1 aliphatic heterocycles. The maximum atomic E-state index is 10.8. The van der Waals surface area contributed by atoms with E-state index in [0.29, 0.717) is 0 Å². The van der Waals surface area contributed by atoms with Crippen LogP contribution in [0.5, 0.6) is 0 Å². The number of nitrogens with two attached hydrogens (primary N) is 1. The number of rotatable bonds is 2. The normalized spacial score (nSPS) is 27.5. The van der Waals surface area contributed by atoms with Crippen molar-refractivity contribution in [2.75, 3.05) is 11.5 Å². The molecule has 0 spiro atoms. The van der Waals surface area contributed by atoms with Crippen LogP contribution >= 0.6 is 0 Å². The average molecular weight is 255 g/mol. The Balaban J connectivity index is 2.50. The molecule has 3 nitrogen and oxygen atoms in total. The van der Waals surface area contributed by atoms with E-state index in [0.717, 1.165) is 19.4 Å². The van der Waals surface area contributed by atoms with Gasteiger partial charge in [0.25, 0.3) is 0 Å². The van der Waals surface area contributed by atoms with Gasteiger partial charge in [0.2, 0.25) is 0 Å². The minimum absolute atomic E-state index is 0.0626. The van der Waals surface area contributed by atoms with Crippen molar-refractivity contribution >= 4 is 5.91 Å². The summed E-state index contributed by atoms with van der Waals surface area (Å²) in [5, 5.41) is 0. The number of halogens is 1. The molecule has 0 radical (unpaired) electrons. The summed E-state index contributed by atoms with van der Waals surface area (Å²) in [6, 6.07) is 0.0674. The Morgan fingerprint density at radius 2 is 2.50 bits per heavy atom. The van der Waals surface area contributed by atoms with Crippen molar-refractivity contribution in [2.24, 2.45) is 5.73 Å². The SMILES string of the molecule is C[I-]N1CCC[C@H]1C(N)=O. The molecule has 1 saturated heterocycles. The van der Waals surface area contributed by atoms with E-state index in [1.54, 1.807) is 0 Å². The van der Waals surface area contributed by atoms with E-state index in [2.05, 4.69) is 8.04 Å². The minimum atomic E-state index is -0.140. The fourth-order valence-corrected chi connectivity index (χ4v) is 3.26. The van der Waals surface area contributed by atoms with E-state index in [4.69, 9.17) is 5.73 Å². The predicted octanol–water partition coefficient (Wildman–Crippen LogP) is -3.43. The van der Waals surface area contributed by atoms with Crippen molar-refractivity contribution in [3.63, 3.8) is 0 Å². The number of carbonyl (C=O) groups is 1. The maximum absolute atomic E-state index is 10.8. The predicted molar refractivity (Wildman–Crippen MR) is 34.8 cm³/mol. The van der Waals surface area contributed by atoms with Crippen LogP contribution in [-0.4, -0.2) is 26.5 Å². The molecule has 1 rings (SSSR count). The van der Waals surface area contributed by atoms with Crippen molar-refractivity contribution in [1.82, 2.24) is 3.11 Å². The van der Waals surface area contributed by atoms with Crippen LogP contribution in [0.3, 0.4) is 0 Å². The van der Waals surface area contributed by atoms with Crippen LogP contribution in [-0.2, 0) is 4.79 Å². The third kappa shape index (κ3) is 1.60. The molecule has 0 bridgehead atoms. The van der Waals surface area contributed by atoms with E-state index in [1.165, 1.54) is 0 Å². The fraction of sp³-hybridized carbons (Fsp3) is 0.833. The number of amides is 1. The zero-order valence-corrected chi connectivity index (χ0v) is 8.17. The van der Waals surface area contributed by atoms with Crippen LogP contribution in [0.4, 0.5) is 0 Å². The standard InChI is InChI=1S/C6H12IN2O/c1-7-9-4-2-3-5(9)6(8)10/h5H,2-4H2,1H3,(H2,8,10)/q-1/t5-/m0/s1. The Morgan fingerprint density at radius 1 is 1.80 bits per heavy atom. The second-order valence-electron chi connectivity index (χ2n) is 2.35. The molecule has 1 atom stereocenters. The molecule has 0 unspecified atom stereocenters. The molecule has 0 aromatic carbocycles. The van der Waals surface area contributed by atoms with E-state index in [1.807, 2.05) is 0 Å². The molecule has 0 aromatic heterocycles. The molecule has 0 saturated carbocycles.